The van der Waals surface area contributed by atoms with Crippen LogP contribution in [0.2, 0.25) is 0 Å². The molecule has 3 heterocycles. The number of carboxylic acid groups (broad SMARTS) is 1. The maximum atomic E-state index is 14.8. The molecule has 1 aliphatic rings. The van der Waals surface area contributed by atoms with Gasteiger partial charge in [0.15, 0.2) is 0 Å². The van der Waals surface area contributed by atoms with Crippen molar-refractivity contribution in [3.05, 3.63) is 54.1 Å². The number of hydrogen-bond acceptors (Lipinski definition) is 8. The lowest BCUT2D eigenvalue weighted by atomic mass is 10.0. The number of aromatic nitrogens is 2. The summed E-state index contributed by atoms with van der Waals surface area (Å²) in [6.45, 7) is -0.00707. The van der Waals surface area contributed by atoms with E-state index in [2.05, 4.69) is 14.7 Å². The number of pyridine rings is 2. The SMILES string of the molecule is CN(C)c1ccc(S(=O)(=O)NC2CCN(C(Cc3cc4ccnc(N)c4cc3F)C(=O)O)C2=O)cn1. The maximum Gasteiger partial charge on any atom is 0.326 e. The van der Waals surface area contributed by atoms with Gasteiger partial charge in [-0.3, -0.25) is 4.79 Å². The van der Waals surface area contributed by atoms with Gasteiger partial charge in [0.1, 0.15) is 34.4 Å². The first-order valence-electron chi connectivity index (χ1n) is 11.0. The highest BCUT2D eigenvalue weighted by Crippen LogP contribution is 2.26. The molecule has 0 saturated carbocycles. The van der Waals surface area contributed by atoms with E-state index in [4.69, 9.17) is 5.73 Å². The summed E-state index contributed by atoms with van der Waals surface area (Å²) in [5.74, 6) is -2.00. The average Bonchev–Trinajstić information content (AvgIpc) is 3.17. The highest BCUT2D eigenvalue weighted by Gasteiger charge is 2.41. The van der Waals surface area contributed by atoms with Crippen LogP contribution in [0.5, 0.6) is 0 Å². The Morgan fingerprint density at radius 2 is 2.06 bits per heavy atom. The van der Waals surface area contributed by atoms with Crippen LogP contribution >= 0.6 is 0 Å². The van der Waals surface area contributed by atoms with E-state index in [1.165, 1.54) is 36.7 Å². The number of hydrogen-bond donors (Lipinski definition) is 3. The zero-order valence-corrected chi connectivity index (χ0v) is 20.4. The van der Waals surface area contributed by atoms with E-state index >= 15 is 0 Å². The second-order valence-corrected chi connectivity index (χ2v) is 10.4. The van der Waals surface area contributed by atoms with E-state index in [-0.39, 0.29) is 35.7 Å². The van der Waals surface area contributed by atoms with Crippen LogP contribution in [-0.4, -0.2) is 73.0 Å². The topological polar surface area (TPSA) is 159 Å². The van der Waals surface area contributed by atoms with Gasteiger partial charge in [-0.05, 0) is 47.7 Å². The Bertz CT molecular complexity index is 1430. The number of halogens is 1. The van der Waals surface area contributed by atoms with E-state index in [9.17, 15) is 27.5 Å². The van der Waals surface area contributed by atoms with Crippen molar-refractivity contribution in [2.24, 2.45) is 0 Å². The zero-order chi connectivity index (χ0) is 26.2. The molecule has 1 aromatic carbocycles. The molecule has 190 valence electrons. The van der Waals surface area contributed by atoms with Crippen molar-refractivity contribution in [3.8, 4) is 0 Å². The third kappa shape index (κ3) is 4.93. The lowest BCUT2D eigenvalue weighted by Gasteiger charge is -2.25. The molecule has 1 amide bonds. The molecular weight excluding hydrogens is 491 g/mol. The van der Waals surface area contributed by atoms with Gasteiger partial charge in [-0.2, -0.15) is 4.72 Å². The summed E-state index contributed by atoms with van der Waals surface area (Å²) < 4.78 is 42.7. The number of sulfonamides is 1. The summed E-state index contributed by atoms with van der Waals surface area (Å²) >= 11 is 0. The Hall–Kier alpha value is -3.84. The number of carboxylic acids is 1. The number of benzene rings is 1. The molecule has 0 aliphatic carbocycles. The summed E-state index contributed by atoms with van der Waals surface area (Å²) in [6, 6.07) is 4.63. The predicted molar refractivity (Wildman–Crippen MR) is 130 cm³/mol. The van der Waals surface area contributed by atoms with Crippen LogP contribution in [-0.2, 0) is 26.0 Å². The molecule has 2 aromatic heterocycles. The molecule has 0 bridgehead atoms. The standard InChI is InChI=1S/C23H25FN6O5S/c1-29(2)20-4-3-15(12-27-20)36(34,35)28-18-6-8-30(22(18)31)19(23(32)33)10-14-9-13-5-7-26-21(25)16(13)11-17(14)24/h3-5,7,9,11-12,18-19,28H,6,8,10H2,1-2H3,(H2,25,26)(H,32,33). The Morgan fingerprint density at radius 3 is 2.69 bits per heavy atom. The van der Waals surface area contributed by atoms with Crippen molar-refractivity contribution < 1.29 is 27.5 Å². The van der Waals surface area contributed by atoms with Gasteiger partial charge in [0, 0.05) is 44.8 Å². The average molecular weight is 517 g/mol. The number of nitrogens with one attached hydrogen (secondary N) is 1. The largest absolute Gasteiger partial charge is 0.480 e. The number of likely N-dealkylation sites (tertiary alicyclic amines) is 1. The summed E-state index contributed by atoms with van der Waals surface area (Å²) in [5, 5.41) is 10.8. The molecule has 2 atom stereocenters. The summed E-state index contributed by atoms with van der Waals surface area (Å²) in [7, 11) is -0.567. The number of nitrogens with zero attached hydrogens (tertiary/aromatic N) is 4. The fraction of sp³-hybridized carbons (Fsp3) is 0.304. The minimum atomic E-state index is -4.09. The first-order chi connectivity index (χ1) is 17.0. The molecule has 0 spiro atoms. The van der Waals surface area contributed by atoms with Gasteiger partial charge in [0.2, 0.25) is 15.9 Å². The normalized spacial score (nSPS) is 16.9. The molecule has 1 aliphatic heterocycles. The van der Waals surface area contributed by atoms with Crippen molar-refractivity contribution >= 4 is 44.3 Å². The first-order valence-corrected chi connectivity index (χ1v) is 12.5. The number of amides is 1. The molecule has 4 rings (SSSR count). The van der Waals surface area contributed by atoms with Crippen LogP contribution in [0.4, 0.5) is 16.0 Å². The fourth-order valence-corrected chi connectivity index (χ4v) is 5.30. The van der Waals surface area contributed by atoms with Crippen LogP contribution in [0.3, 0.4) is 0 Å². The van der Waals surface area contributed by atoms with Crippen molar-refractivity contribution in [3.63, 3.8) is 0 Å². The van der Waals surface area contributed by atoms with Crippen LogP contribution in [0.25, 0.3) is 10.8 Å². The van der Waals surface area contributed by atoms with E-state index in [1.54, 1.807) is 25.1 Å². The molecule has 1 fully saturated rings. The van der Waals surface area contributed by atoms with Gasteiger partial charge in [-0.1, -0.05) is 0 Å². The Morgan fingerprint density at radius 1 is 1.31 bits per heavy atom. The van der Waals surface area contributed by atoms with Gasteiger partial charge in [-0.15, -0.1) is 0 Å². The molecule has 2 unspecified atom stereocenters. The van der Waals surface area contributed by atoms with Gasteiger partial charge >= 0.3 is 5.97 Å². The number of anilines is 2. The molecule has 4 N–H and O–H groups in total. The summed E-state index contributed by atoms with van der Waals surface area (Å²) in [6.07, 6.45) is 2.39. The number of nitrogens with two attached hydrogens (primary N) is 1. The number of carbonyl (C=O) groups excluding carboxylic acids is 1. The third-order valence-corrected chi connectivity index (χ3v) is 7.52. The molecule has 3 aromatic rings. The minimum absolute atomic E-state index is 0.00707. The van der Waals surface area contributed by atoms with Crippen molar-refractivity contribution in [1.82, 2.24) is 19.6 Å². The smallest absolute Gasteiger partial charge is 0.326 e. The Kier molecular flexibility index (Phi) is 6.78. The minimum Gasteiger partial charge on any atom is -0.480 e. The van der Waals surface area contributed by atoms with Gasteiger partial charge in [0.05, 0.1) is 0 Å². The second kappa shape index (κ2) is 9.66. The van der Waals surface area contributed by atoms with E-state index < -0.39 is 39.8 Å². The van der Waals surface area contributed by atoms with Crippen molar-refractivity contribution in [2.75, 3.05) is 31.3 Å². The van der Waals surface area contributed by atoms with Crippen LogP contribution in [0.15, 0.2) is 47.6 Å². The number of carbonyl (C=O) groups is 2. The van der Waals surface area contributed by atoms with E-state index in [0.29, 0.717) is 16.6 Å². The second-order valence-electron chi connectivity index (χ2n) is 8.66. The Balaban J connectivity index is 1.53. The highest BCUT2D eigenvalue weighted by molar-refractivity contribution is 7.89. The van der Waals surface area contributed by atoms with Gasteiger partial charge in [-0.25, -0.2) is 27.6 Å². The van der Waals surface area contributed by atoms with Gasteiger partial charge < -0.3 is 20.6 Å². The first kappa shape index (κ1) is 25.3. The molecule has 11 nitrogen and oxygen atoms in total. The molecular formula is C23H25FN6O5S. The zero-order valence-electron chi connectivity index (χ0n) is 19.6. The lowest BCUT2D eigenvalue weighted by molar-refractivity contribution is -0.148. The number of fused-ring (bicyclic) bond motifs is 1. The van der Waals surface area contributed by atoms with E-state index in [0.717, 1.165) is 4.90 Å². The number of aliphatic carboxylic acids is 1. The van der Waals surface area contributed by atoms with Crippen molar-refractivity contribution in [1.29, 1.82) is 0 Å². The predicted octanol–water partition coefficient (Wildman–Crippen LogP) is 0.992. The summed E-state index contributed by atoms with van der Waals surface area (Å²) in [5.41, 5.74) is 5.87. The summed E-state index contributed by atoms with van der Waals surface area (Å²) in [4.78, 5) is 35.7. The van der Waals surface area contributed by atoms with Gasteiger partial charge in [0.25, 0.3) is 0 Å². The van der Waals surface area contributed by atoms with Crippen molar-refractivity contribution in [2.45, 2.75) is 29.8 Å². The maximum absolute atomic E-state index is 14.8. The third-order valence-electron chi connectivity index (χ3n) is 6.06. The van der Waals surface area contributed by atoms with Crippen LogP contribution < -0.4 is 15.4 Å². The number of rotatable bonds is 8. The monoisotopic (exact) mass is 516 g/mol. The molecule has 13 heteroatoms. The highest BCUT2D eigenvalue weighted by atomic mass is 32.2. The lowest BCUT2D eigenvalue weighted by Crippen LogP contribution is -2.48. The quantitative estimate of drug-likeness (QED) is 0.397. The van der Waals surface area contributed by atoms with Crippen LogP contribution in [0.1, 0.15) is 12.0 Å². The Labute approximate surface area is 206 Å². The van der Waals surface area contributed by atoms with Crippen LogP contribution in [0, 0.1) is 5.82 Å². The molecule has 36 heavy (non-hydrogen) atoms. The molecule has 1 saturated heterocycles. The van der Waals surface area contributed by atoms with E-state index in [1.807, 2.05) is 0 Å². The fourth-order valence-electron chi connectivity index (χ4n) is 4.13. The number of nitrogen functional groups attached to an aromatic ring is 1. The molecule has 0 radical (unpaired) electrons.